The van der Waals surface area contributed by atoms with Crippen molar-refractivity contribution in [3.8, 4) is 0 Å². The van der Waals surface area contributed by atoms with E-state index in [2.05, 4.69) is 82.0 Å². The molecule has 12 nitrogen and oxygen atoms in total. The zero-order chi connectivity index (χ0) is 35.1. The molecular weight excluding hydrogens is 726 g/mol. The van der Waals surface area contributed by atoms with Crippen LogP contribution in [-0.4, -0.2) is 110 Å². The summed E-state index contributed by atoms with van der Waals surface area (Å²) in [4.78, 5) is 19.0. The molecule has 47 heavy (non-hydrogen) atoms. The molecule has 268 valence electrons. The van der Waals surface area contributed by atoms with Gasteiger partial charge in [-0.2, -0.15) is 26.3 Å². The van der Waals surface area contributed by atoms with Gasteiger partial charge in [0.1, 0.15) is 0 Å². The number of alkyl halides is 6. The molecule has 0 saturated carbocycles. The molecule has 0 bridgehead atoms. The number of hydrogen-bond acceptors (Lipinski definition) is 12. The summed E-state index contributed by atoms with van der Waals surface area (Å²) in [6.45, 7) is 4.25. The first-order valence-corrected chi connectivity index (χ1v) is 16.6. The Morgan fingerprint density at radius 1 is 0.723 bits per heavy atom. The summed E-state index contributed by atoms with van der Waals surface area (Å²) in [5.41, 5.74) is -6.48. The van der Waals surface area contributed by atoms with E-state index in [9.17, 15) is 26.3 Å². The van der Waals surface area contributed by atoms with Gasteiger partial charge in [-0.1, -0.05) is 0 Å². The van der Waals surface area contributed by atoms with Crippen molar-refractivity contribution in [2.75, 3.05) is 51.1 Å². The molecular formula is C26H36F6FeN6O6S2. The summed E-state index contributed by atoms with van der Waals surface area (Å²) >= 11 is 0. The average Bonchev–Trinajstić information content (AvgIpc) is 3.56. The van der Waals surface area contributed by atoms with E-state index >= 15 is 0 Å². The molecule has 0 radical (unpaired) electrons. The second-order valence-electron chi connectivity index (χ2n) is 11.0. The molecule has 4 rings (SSSR count). The summed E-state index contributed by atoms with van der Waals surface area (Å²) in [7, 11) is -3.82. The summed E-state index contributed by atoms with van der Waals surface area (Å²) in [5.74, 6) is 0. The molecule has 2 aliphatic rings. The van der Waals surface area contributed by atoms with Crippen molar-refractivity contribution in [3.63, 3.8) is 0 Å². The van der Waals surface area contributed by atoms with Gasteiger partial charge in [0.05, 0.1) is 11.4 Å². The van der Waals surface area contributed by atoms with Crippen molar-refractivity contribution in [1.29, 1.82) is 0 Å². The minimum atomic E-state index is -6.09. The van der Waals surface area contributed by atoms with Crippen LogP contribution in [-0.2, 0) is 50.4 Å². The Morgan fingerprint density at radius 3 is 1.28 bits per heavy atom. The molecule has 0 amide bonds. The van der Waals surface area contributed by atoms with Crippen LogP contribution in [0.5, 0.6) is 0 Å². The van der Waals surface area contributed by atoms with Gasteiger partial charge in [-0.15, -0.1) is 0 Å². The van der Waals surface area contributed by atoms with Crippen LogP contribution in [0.25, 0.3) is 0 Å². The summed E-state index contributed by atoms with van der Waals surface area (Å²) in [6, 6.07) is 9.87. The van der Waals surface area contributed by atoms with Gasteiger partial charge in [-0.25, -0.2) is 16.8 Å². The number of aromatic nitrogens is 2. The maximum Gasteiger partial charge on any atom is 2.00 e. The first-order chi connectivity index (χ1) is 21.0. The Balaban J connectivity index is 0.000000541. The fourth-order valence-electron chi connectivity index (χ4n) is 5.04. The molecule has 2 aromatic rings. The SMILES string of the molecule is CN(C)c1ccnc(CN2CCC[C@H]2[C@@H]2CCCN2Cc2cc(N(C)C)ccn2)c1.O=S(=O)([O-])C(F)(F)F.O=S(=O)([O-])C(F)(F)F.[Fe+2]. The van der Waals surface area contributed by atoms with Crippen molar-refractivity contribution < 1.29 is 69.4 Å². The van der Waals surface area contributed by atoms with Gasteiger partial charge in [-0.3, -0.25) is 19.8 Å². The molecule has 21 heteroatoms. The summed E-state index contributed by atoms with van der Waals surface area (Å²) < 4.78 is 118. The molecule has 2 atom stereocenters. The molecule has 2 fully saturated rings. The molecule has 0 unspecified atom stereocenters. The zero-order valence-electron chi connectivity index (χ0n) is 25.8. The Bertz CT molecular complexity index is 1390. The van der Waals surface area contributed by atoms with Gasteiger partial charge in [0.15, 0.2) is 20.2 Å². The van der Waals surface area contributed by atoms with E-state index in [0.717, 1.165) is 13.1 Å². The van der Waals surface area contributed by atoms with Gasteiger partial charge < -0.3 is 18.9 Å². The predicted molar refractivity (Wildman–Crippen MR) is 155 cm³/mol. The Kier molecular flexibility index (Phi) is 15.8. The number of likely N-dealkylation sites (tertiary alicyclic amines) is 2. The number of hydrogen-bond donors (Lipinski definition) is 0. The van der Waals surface area contributed by atoms with E-state index in [1.807, 2.05) is 12.4 Å². The molecule has 0 aliphatic carbocycles. The van der Waals surface area contributed by atoms with Crippen LogP contribution in [0.3, 0.4) is 0 Å². The maximum atomic E-state index is 10.7. The monoisotopic (exact) mass is 762 g/mol. The van der Waals surface area contributed by atoms with E-state index < -0.39 is 31.3 Å². The molecule has 2 aromatic heterocycles. The summed E-state index contributed by atoms with van der Waals surface area (Å²) in [6.07, 6.45) is 9.05. The van der Waals surface area contributed by atoms with Gasteiger partial charge in [0, 0.05) is 77.1 Å². The number of rotatable bonds is 7. The number of nitrogens with zero attached hydrogens (tertiary/aromatic N) is 6. The fourth-order valence-corrected chi connectivity index (χ4v) is 5.04. The second kappa shape index (κ2) is 17.4. The van der Waals surface area contributed by atoms with E-state index in [1.165, 1.54) is 61.5 Å². The summed E-state index contributed by atoms with van der Waals surface area (Å²) in [5, 5.41) is 0. The van der Waals surface area contributed by atoms with Crippen LogP contribution < -0.4 is 9.80 Å². The van der Waals surface area contributed by atoms with Crippen LogP contribution in [0, 0.1) is 0 Å². The van der Waals surface area contributed by atoms with E-state index in [1.54, 1.807) is 0 Å². The molecule has 0 spiro atoms. The van der Waals surface area contributed by atoms with Crippen molar-refractivity contribution in [2.24, 2.45) is 0 Å². The topological polar surface area (TPSA) is 153 Å². The number of pyridine rings is 2. The third kappa shape index (κ3) is 13.3. The second-order valence-corrected chi connectivity index (χ2v) is 13.7. The van der Waals surface area contributed by atoms with Crippen LogP contribution in [0.15, 0.2) is 36.7 Å². The number of halogens is 6. The first-order valence-electron chi connectivity index (χ1n) is 13.8. The normalized spacial score (nSPS) is 19.1. The molecule has 0 N–H and O–H groups in total. The Hall–Kier alpha value is -2.26. The molecule has 4 heterocycles. The quantitative estimate of drug-likeness (QED) is 0.176. The maximum absolute atomic E-state index is 10.7. The average molecular weight is 763 g/mol. The third-order valence-electron chi connectivity index (χ3n) is 7.20. The third-order valence-corrected chi connectivity index (χ3v) is 8.34. The van der Waals surface area contributed by atoms with E-state index in [4.69, 9.17) is 25.9 Å². The van der Waals surface area contributed by atoms with Crippen molar-refractivity contribution in [2.45, 2.75) is 61.9 Å². The van der Waals surface area contributed by atoms with Crippen molar-refractivity contribution >= 4 is 31.6 Å². The van der Waals surface area contributed by atoms with Gasteiger partial charge in [0.25, 0.3) is 0 Å². The van der Waals surface area contributed by atoms with Crippen LogP contribution in [0.2, 0.25) is 0 Å². The van der Waals surface area contributed by atoms with Gasteiger partial charge >= 0.3 is 28.1 Å². The predicted octanol–water partition coefficient (Wildman–Crippen LogP) is 3.34. The van der Waals surface area contributed by atoms with Crippen molar-refractivity contribution in [3.05, 3.63) is 48.0 Å². The molecule has 2 saturated heterocycles. The van der Waals surface area contributed by atoms with E-state index in [-0.39, 0.29) is 17.1 Å². The minimum Gasteiger partial charge on any atom is -0.741 e. The number of anilines is 2. The van der Waals surface area contributed by atoms with E-state index in [0.29, 0.717) is 12.1 Å². The largest absolute Gasteiger partial charge is 2.00 e. The first kappa shape index (κ1) is 42.8. The van der Waals surface area contributed by atoms with Gasteiger partial charge in [-0.05, 0) is 63.0 Å². The van der Waals surface area contributed by atoms with Crippen LogP contribution in [0.4, 0.5) is 37.7 Å². The smallest absolute Gasteiger partial charge is 0.741 e. The standard InChI is InChI=1S/C24H36N6.2CHF3O3S.Fe/c1-27(2)21-9-11-25-19(15-21)17-29-13-5-7-23(29)24-8-6-14-30(24)18-20-16-22(28(3)4)10-12-26-20;2*2-1(3,4)8(5,6)7;/h9-12,15-16,23-24H,5-8,13-14,17-18H2,1-4H3;2*(H,5,6,7);/q;;;+2/p-2/t23-,24-;;;/m0.../s1. The van der Waals surface area contributed by atoms with Crippen molar-refractivity contribution in [1.82, 2.24) is 19.8 Å². The molecule has 2 aliphatic heterocycles. The van der Waals surface area contributed by atoms with Crippen LogP contribution in [0.1, 0.15) is 37.1 Å². The Morgan fingerprint density at radius 2 is 1.02 bits per heavy atom. The Labute approximate surface area is 281 Å². The molecule has 0 aromatic carbocycles. The van der Waals surface area contributed by atoms with Gasteiger partial charge in [0.2, 0.25) is 0 Å². The fraction of sp³-hybridized carbons (Fsp3) is 0.615. The van der Waals surface area contributed by atoms with Crippen LogP contribution >= 0.6 is 0 Å². The minimum absolute atomic E-state index is 0. The zero-order valence-corrected chi connectivity index (χ0v) is 28.6.